The van der Waals surface area contributed by atoms with Gasteiger partial charge in [0.15, 0.2) is 0 Å². The van der Waals surface area contributed by atoms with E-state index in [9.17, 15) is 4.79 Å². The van der Waals surface area contributed by atoms with E-state index in [1.54, 1.807) is 6.07 Å². The summed E-state index contributed by atoms with van der Waals surface area (Å²) in [7, 11) is 0. The molecule has 0 unspecified atom stereocenters. The van der Waals surface area contributed by atoms with Gasteiger partial charge in [0.05, 0.1) is 19.6 Å². The number of esters is 1. The van der Waals surface area contributed by atoms with Gasteiger partial charge in [0.25, 0.3) is 0 Å². The Labute approximate surface area is 108 Å². The van der Waals surface area contributed by atoms with Crippen molar-refractivity contribution in [3.63, 3.8) is 0 Å². The standard InChI is InChI=1S/C13H22NO2S/c1-4-14(5-2,6-3)9-10-16-13(15)12-8-7-11-17-12/h7-8,11H,4-6,9-10H2,1-3H3/q+1. The molecule has 1 aromatic rings. The van der Waals surface area contributed by atoms with Crippen LogP contribution in [0.2, 0.25) is 0 Å². The molecule has 0 amide bonds. The molecule has 0 aliphatic heterocycles. The summed E-state index contributed by atoms with van der Waals surface area (Å²) in [5, 5.41) is 1.89. The average Bonchev–Trinajstić information content (AvgIpc) is 2.89. The molecule has 0 saturated carbocycles. The number of carbonyl (C=O) groups is 1. The van der Waals surface area contributed by atoms with Crippen LogP contribution in [0.1, 0.15) is 30.4 Å². The first kappa shape index (κ1) is 14.2. The van der Waals surface area contributed by atoms with Crippen LogP contribution in [0.4, 0.5) is 0 Å². The Balaban J connectivity index is 2.39. The van der Waals surface area contributed by atoms with E-state index < -0.39 is 0 Å². The highest BCUT2D eigenvalue weighted by molar-refractivity contribution is 7.11. The average molecular weight is 256 g/mol. The van der Waals surface area contributed by atoms with Crippen molar-refractivity contribution in [2.45, 2.75) is 20.8 Å². The van der Waals surface area contributed by atoms with Crippen molar-refractivity contribution < 1.29 is 14.0 Å². The molecule has 0 aliphatic carbocycles. The van der Waals surface area contributed by atoms with Crippen molar-refractivity contribution in [1.29, 1.82) is 0 Å². The Bertz CT molecular complexity index is 323. The van der Waals surface area contributed by atoms with E-state index in [0.29, 0.717) is 11.5 Å². The summed E-state index contributed by atoms with van der Waals surface area (Å²) < 4.78 is 6.31. The maximum absolute atomic E-state index is 11.6. The van der Waals surface area contributed by atoms with Crippen LogP contribution in [0.15, 0.2) is 17.5 Å². The minimum absolute atomic E-state index is 0.193. The number of carbonyl (C=O) groups excluding carboxylic acids is 1. The normalized spacial score (nSPS) is 11.5. The van der Waals surface area contributed by atoms with Crippen LogP contribution < -0.4 is 0 Å². The van der Waals surface area contributed by atoms with Gasteiger partial charge in [-0.3, -0.25) is 0 Å². The van der Waals surface area contributed by atoms with Gasteiger partial charge >= 0.3 is 5.97 Å². The van der Waals surface area contributed by atoms with Crippen LogP contribution in [-0.4, -0.2) is 43.2 Å². The lowest BCUT2D eigenvalue weighted by molar-refractivity contribution is -0.923. The second kappa shape index (κ2) is 6.77. The fraction of sp³-hybridized carbons (Fsp3) is 0.615. The van der Waals surface area contributed by atoms with Crippen molar-refractivity contribution in [3.05, 3.63) is 22.4 Å². The minimum Gasteiger partial charge on any atom is -0.456 e. The molecule has 0 radical (unpaired) electrons. The lowest BCUT2D eigenvalue weighted by atomic mass is 10.3. The molecule has 0 spiro atoms. The molecule has 4 heteroatoms. The van der Waals surface area contributed by atoms with E-state index in [-0.39, 0.29) is 5.97 Å². The number of hydrogen-bond acceptors (Lipinski definition) is 3. The molecule has 0 fully saturated rings. The van der Waals surface area contributed by atoms with Crippen LogP contribution >= 0.6 is 11.3 Å². The summed E-state index contributed by atoms with van der Waals surface area (Å²) in [6, 6.07) is 3.67. The number of rotatable bonds is 7. The Morgan fingerprint density at radius 1 is 1.29 bits per heavy atom. The topological polar surface area (TPSA) is 26.3 Å². The van der Waals surface area contributed by atoms with Gasteiger partial charge < -0.3 is 9.22 Å². The molecule has 0 aromatic carbocycles. The molecule has 1 aromatic heterocycles. The highest BCUT2D eigenvalue weighted by Crippen LogP contribution is 2.11. The second-order valence-corrected chi connectivity index (χ2v) is 5.07. The van der Waals surface area contributed by atoms with E-state index in [2.05, 4.69) is 20.8 Å². The summed E-state index contributed by atoms with van der Waals surface area (Å²) in [6.07, 6.45) is 0. The number of nitrogens with zero attached hydrogens (tertiary/aromatic N) is 1. The first-order chi connectivity index (χ1) is 8.17. The maximum atomic E-state index is 11.6. The molecular formula is C13H22NO2S+. The van der Waals surface area contributed by atoms with E-state index >= 15 is 0 Å². The quantitative estimate of drug-likeness (QED) is 0.554. The van der Waals surface area contributed by atoms with Gasteiger partial charge in [0.1, 0.15) is 18.0 Å². The van der Waals surface area contributed by atoms with Gasteiger partial charge in [0.2, 0.25) is 0 Å². The van der Waals surface area contributed by atoms with Gasteiger partial charge in [-0.15, -0.1) is 11.3 Å². The minimum atomic E-state index is -0.193. The largest absolute Gasteiger partial charge is 0.456 e. The van der Waals surface area contributed by atoms with E-state index in [0.717, 1.165) is 30.7 Å². The van der Waals surface area contributed by atoms with Gasteiger partial charge in [-0.05, 0) is 32.2 Å². The lowest BCUT2D eigenvalue weighted by Crippen LogP contribution is -2.49. The van der Waals surface area contributed by atoms with Crippen LogP contribution in [0.5, 0.6) is 0 Å². The van der Waals surface area contributed by atoms with Crippen LogP contribution in [-0.2, 0) is 4.74 Å². The van der Waals surface area contributed by atoms with Gasteiger partial charge in [-0.25, -0.2) is 4.79 Å². The molecule has 96 valence electrons. The number of ether oxygens (including phenoxy) is 1. The number of quaternary nitrogens is 1. The van der Waals surface area contributed by atoms with Crippen LogP contribution in [0.3, 0.4) is 0 Å². The zero-order valence-electron chi connectivity index (χ0n) is 10.9. The van der Waals surface area contributed by atoms with Crippen molar-refractivity contribution in [2.24, 2.45) is 0 Å². The lowest BCUT2D eigenvalue weighted by Gasteiger charge is -2.35. The molecule has 3 nitrogen and oxygen atoms in total. The zero-order valence-corrected chi connectivity index (χ0v) is 11.8. The summed E-state index contributed by atoms with van der Waals surface area (Å²) in [6.45, 7) is 11.2. The van der Waals surface area contributed by atoms with Crippen molar-refractivity contribution in [3.8, 4) is 0 Å². The number of hydrogen-bond donors (Lipinski definition) is 0. The second-order valence-electron chi connectivity index (χ2n) is 4.13. The van der Waals surface area contributed by atoms with E-state index in [1.807, 2.05) is 11.4 Å². The third kappa shape index (κ3) is 3.82. The first-order valence-corrected chi connectivity index (χ1v) is 7.11. The molecule has 0 aliphatic rings. The molecule has 17 heavy (non-hydrogen) atoms. The van der Waals surface area contributed by atoms with Gasteiger partial charge in [0, 0.05) is 0 Å². The molecular weight excluding hydrogens is 234 g/mol. The SMILES string of the molecule is CC[N+](CC)(CC)CCOC(=O)c1cccs1. The number of likely N-dealkylation sites (N-methyl/N-ethyl adjacent to an activating group) is 1. The fourth-order valence-corrected chi connectivity index (χ4v) is 2.56. The highest BCUT2D eigenvalue weighted by atomic mass is 32.1. The highest BCUT2D eigenvalue weighted by Gasteiger charge is 2.21. The monoisotopic (exact) mass is 256 g/mol. The molecule has 0 atom stereocenters. The first-order valence-electron chi connectivity index (χ1n) is 6.23. The summed E-state index contributed by atoms with van der Waals surface area (Å²) >= 11 is 1.43. The molecule has 0 bridgehead atoms. The Hall–Kier alpha value is -0.870. The van der Waals surface area contributed by atoms with Gasteiger partial charge in [-0.1, -0.05) is 6.07 Å². The zero-order chi connectivity index (χ0) is 12.7. The van der Waals surface area contributed by atoms with Crippen molar-refractivity contribution in [1.82, 2.24) is 0 Å². The Kier molecular flexibility index (Phi) is 5.65. The molecule has 1 rings (SSSR count). The summed E-state index contributed by atoms with van der Waals surface area (Å²) in [5.41, 5.74) is 0. The van der Waals surface area contributed by atoms with E-state index in [4.69, 9.17) is 4.74 Å². The maximum Gasteiger partial charge on any atom is 0.348 e. The molecule has 1 heterocycles. The summed E-state index contributed by atoms with van der Waals surface area (Å²) in [5.74, 6) is -0.193. The Morgan fingerprint density at radius 2 is 1.94 bits per heavy atom. The smallest absolute Gasteiger partial charge is 0.348 e. The van der Waals surface area contributed by atoms with Crippen LogP contribution in [0.25, 0.3) is 0 Å². The van der Waals surface area contributed by atoms with Gasteiger partial charge in [-0.2, -0.15) is 0 Å². The molecule has 0 N–H and O–H groups in total. The Morgan fingerprint density at radius 3 is 2.41 bits per heavy atom. The third-order valence-corrected chi connectivity index (χ3v) is 4.38. The third-order valence-electron chi connectivity index (χ3n) is 3.53. The van der Waals surface area contributed by atoms with Crippen LogP contribution in [0, 0.1) is 0 Å². The van der Waals surface area contributed by atoms with E-state index in [1.165, 1.54) is 11.3 Å². The molecule has 0 saturated heterocycles. The number of thiophene rings is 1. The van der Waals surface area contributed by atoms with Crippen molar-refractivity contribution in [2.75, 3.05) is 32.8 Å². The predicted octanol–water partition coefficient (Wildman–Crippen LogP) is 2.78. The summed E-state index contributed by atoms with van der Waals surface area (Å²) in [4.78, 5) is 12.3. The van der Waals surface area contributed by atoms with Crippen molar-refractivity contribution >= 4 is 17.3 Å². The fourth-order valence-electron chi connectivity index (χ4n) is 1.94. The predicted molar refractivity (Wildman–Crippen MR) is 71.4 cm³/mol.